The zero-order chi connectivity index (χ0) is 18.8. The normalized spacial score (nSPS) is 10.9. The maximum absolute atomic E-state index is 12.9. The van der Waals surface area contributed by atoms with Gasteiger partial charge in [0.15, 0.2) is 0 Å². The van der Waals surface area contributed by atoms with Crippen LogP contribution in [0.3, 0.4) is 0 Å². The van der Waals surface area contributed by atoms with Crippen molar-refractivity contribution >= 4 is 28.5 Å². The SMILES string of the molecule is CCn1cc(C(=O)N(C)Cc2cccc(Cl)c2)c(=O)c2ccc(C)nc21. The van der Waals surface area contributed by atoms with E-state index in [0.29, 0.717) is 29.1 Å². The van der Waals surface area contributed by atoms with Crippen molar-refractivity contribution in [3.05, 3.63) is 74.7 Å². The van der Waals surface area contributed by atoms with Gasteiger partial charge in [-0.25, -0.2) is 4.98 Å². The topological polar surface area (TPSA) is 55.2 Å². The van der Waals surface area contributed by atoms with Crippen LogP contribution in [0.2, 0.25) is 5.02 Å². The molecule has 5 nitrogen and oxygen atoms in total. The third kappa shape index (κ3) is 3.48. The molecule has 2 heterocycles. The van der Waals surface area contributed by atoms with E-state index >= 15 is 0 Å². The number of hydrogen-bond donors (Lipinski definition) is 0. The minimum atomic E-state index is -0.320. The van der Waals surface area contributed by atoms with E-state index in [2.05, 4.69) is 4.98 Å². The summed E-state index contributed by atoms with van der Waals surface area (Å²) in [6, 6.07) is 10.8. The number of fused-ring (bicyclic) bond motifs is 1. The number of carbonyl (C=O) groups is 1. The molecule has 1 amide bonds. The maximum Gasteiger partial charge on any atom is 0.259 e. The Hall–Kier alpha value is -2.66. The summed E-state index contributed by atoms with van der Waals surface area (Å²) in [4.78, 5) is 31.7. The monoisotopic (exact) mass is 369 g/mol. The fraction of sp³-hybridized carbons (Fsp3) is 0.250. The highest BCUT2D eigenvalue weighted by atomic mass is 35.5. The molecular formula is C20H20ClN3O2. The third-order valence-electron chi connectivity index (χ3n) is 4.29. The van der Waals surface area contributed by atoms with Crippen LogP contribution in [0.5, 0.6) is 0 Å². The molecule has 0 radical (unpaired) electrons. The van der Waals surface area contributed by atoms with Crippen LogP contribution >= 0.6 is 11.6 Å². The average molecular weight is 370 g/mol. The number of rotatable bonds is 4. The van der Waals surface area contributed by atoms with Crippen molar-refractivity contribution in [2.75, 3.05) is 7.05 Å². The fourth-order valence-corrected chi connectivity index (χ4v) is 3.15. The molecule has 3 rings (SSSR count). The molecule has 3 aromatic rings. The number of nitrogens with zero attached hydrogens (tertiary/aromatic N) is 3. The number of hydrogen-bond acceptors (Lipinski definition) is 3. The van der Waals surface area contributed by atoms with Crippen LogP contribution in [0.4, 0.5) is 0 Å². The largest absolute Gasteiger partial charge is 0.337 e. The van der Waals surface area contributed by atoms with Gasteiger partial charge in [-0.2, -0.15) is 0 Å². The van der Waals surface area contributed by atoms with Crippen molar-refractivity contribution in [3.8, 4) is 0 Å². The molecule has 0 fully saturated rings. The van der Waals surface area contributed by atoms with Gasteiger partial charge in [0.1, 0.15) is 11.2 Å². The van der Waals surface area contributed by atoms with Gasteiger partial charge in [0.05, 0.1) is 5.39 Å². The summed E-state index contributed by atoms with van der Waals surface area (Å²) in [5.74, 6) is -0.320. The second kappa shape index (κ2) is 7.30. The van der Waals surface area contributed by atoms with E-state index in [1.165, 1.54) is 4.90 Å². The number of carbonyl (C=O) groups excluding carboxylic acids is 1. The summed E-state index contributed by atoms with van der Waals surface area (Å²) in [5.41, 5.74) is 2.19. The molecule has 0 N–H and O–H groups in total. The van der Waals surface area contributed by atoms with Gasteiger partial charge in [-0.15, -0.1) is 0 Å². The Balaban J connectivity index is 2.01. The lowest BCUT2D eigenvalue weighted by molar-refractivity contribution is 0.0783. The molecule has 0 atom stereocenters. The smallest absolute Gasteiger partial charge is 0.259 e. The quantitative estimate of drug-likeness (QED) is 0.705. The highest BCUT2D eigenvalue weighted by molar-refractivity contribution is 6.30. The zero-order valence-corrected chi connectivity index (χ0v) is 15.7. The van der Waals surface area contributed by atoms with Crippen LogP contribution in [-0.4, -0.2) is 27.4 Å². The van der Waals surface area contributed by atoms with E-state index in [-0.39, 0.29) is 16.9 Å². The van der Waals surface area contributed by atoms with Crippen molar-refractivity contribution < 1.29 is 4.79 Å². The van der Waals surface area contributed by atoms with Crippen molar-refractivity contribution in [1.82, 2.24) is 14.5 Å². The van der Waals surface area contributed by atoms with Crippen LogP contribution < -0.4 is 5.43 Å². The number of pyridine rings is 2. The molecule has 0 saturated heterocycles. The molecule has 0 aliphatic carbocycles. The minimum Gasteiger partial charge on any atom is -0.337 e. The van der Waals surface area contributed by atoms with Gasteiger partial charge in [-0.1, -0.05) is 23.7 Å². The Morgan fingerprint density at radius 1 is 1.27 bits per heavy atom. The summed E-state index contributed by atoms with van der Waals surface area (Å²) >= 11 is 6.00. The Morgan fingerprint density at radius 2 is 2.04 bits per heavy atom. The Kier molecular flexibility index (Phi) is 5.09. The second-order valence-corrected chi connectivity index (χ2v) is 6.71. The van der Waals surface area contributed by atoms with Crippen LogP contribution in [0.15, 0.2) is 47.4 Å². The van der Waals surface area contributed by atoms with Gasteiger partial charge < -0.3 is 9.47 Å². The van der Waals surface area contributed by atoms with Gasteiger partial charge in [0, 0.05) is 37.1 Å². The van der Waals surface area contributed by atoms with E-state index in [4.69, 9.17) is 11.6 Å². The summed E-state index contributed by atoms with van der Waals surface area (Å²) in [6.45, 7) is 4.82. The summed E-state index contributed by atoms with van der Waals surface area (Å²) in [7, 11) is 1.68. The molecule has 0 unspecified atom stereocenters. The predicted octanol–water partition coefficient (Wildman–Crippen LogP) is 3.65. The van der Waals surface area contributed by atoms with Gasteiger partial charge >= 0.3 is 0 Å². The van der Waals surface area contributed by atoms with Crippen LogP contribution in [0.1, 0.15) is 28.5 Å². The average Bonchev–Trinajstić information content (AvgIpc) is 2.61. The van der Waals surface area contributed by atoms with E-state index in [1.807, 2.05) is 36.6 Å². The fourth-order valence-electron chi connectivity index (χ4n) is 2.94. The van der Waals surface area contributed by atoms with Crippen molar-refractivity contribution in [2.24, 2.45) is 0 Å². The molecule has 0 bridgehead atoms. The molecule has 0 aliphatic rings. The minimum absolute atomic E-state index is 0.148. The predicted molar refractivity (Wildman–Crippen MR) is 104 cm³/mol. The first-order valence-corrected chi connectivity index (χ1v) is 8.79. The Bertz CT molecular complexity index is 1040. The standard InChI is InChI=1S/C20H20ClN3O2/c1-4-24-12-17(18(25)16-9-8-13(2)22-19(16)24)20(26)23(3)11-14-6-5-7-15(21)10-14/h5-10,12H,4,11H2,1-3H3. The first kappa shape index (κ1) is 18.1. The summed E-state index contributed by atoms with van der Waals surface area (Å²) in [6.07, 6.45) is 1.61. The number of amides is 1. The number of halogens is 1. The highest BCUT2D eigenvalue weighted by Gasteiger charge is 2.19. The molecule has 26 heavy (non-hydrogen) atoms. The van der Waals surface area contributed by atoms with Crippen molar-refractivity contribution in [1.29, 1.82) is 0 Å². The van der Waals surface area contributed by atoms with Crippen LogP contribution in [0.25, 0.3) is 11.0 Å². The number of benzene rings is 1. The molecular weight excluding hydrogens is 350 g/mol. The van der Waals surface area contributed by atoms with Gasteiger partial charge in [-0.3, -0.25) is 9.59 Å². The Labute approximate surface area is 156 Å². The van der Waals surface area contributed by atoms with E-state index in [1.54, 1.807) is 31.4 Å². The van der Waals surface area contributed by atoms with Crippen LogP contribution in [0, 0.1) is 6.92 Å². The second-order valence-electron chi connectivity index (χ2n) is 6.27. The first-order valence-electron chi connectivity index (χ1n) is 8.41. The molecule has 0 spiro atoms. The number of aromatic nitrogens is 2. The highest BCUT2D eigenvalue weighted by Crippen LogP contribution is 2.15. The van der Waals surface area contributed by atoms with Gasteiger partial charge in [0.2, 0.25) is 5.43 Å². The third-order valence-corrected chi connectivity index (χ3v) is 4.52. The van der Waals surface area contributed by atoms with E-state index in [9.17, 15) is 9.59 Å². The van der Waals surface area contributed by atoms with Crippen molar-refractivity contribution in [3.63, 3.8) is 0 Å². The zero-order valence-electron chi connectivity index (χ0n) is 15.0. The van der Waals surface area contributed by atoms with Crippen LogP contribution in [-0.2, 0) is 13.1 Å². The van der Waals surface area contributed by atoms with Gasteiger partial charge in [0.25, 0.3) is 5.91 Å². The summed E-state index contributed by atoms with van der Waals surface area (Å²) in [5, 5.41) is 1.07. The van der Waals surface area contributed by atoms with E-state index in [0.717, 1.165) is 11.3 Å². The lowest BCUT2D eigenvalue weighted by atomic mass is 10.1. The number of aryl methyl sites for hydroxylation is 2. The maximum atomic E-state index is 12.9. The Morgan fingerprint density at radius 3 is 2.73 bits per heavy atom. The molecule has 1 aromatic carbocycles. The summed E-state index contributed by atoms with van der Waals surface area (Å²) < 4.78 is 1.84. The van der Waals surface area contributed by atoms with E-state index < -0.39 is 0 Å². The molecule has 6 heteroatoms. The van der Waals surface area contributed by atoms with Gasteiger partial charge in [-0.05, 0) is 43.7 Å². The lowest BCUT2D eigenvalue weighted by Crippen LogP contribution is -2.31. The van der Waals surface area contributed by atoms with Crippen molar-refractivity contribution in [2.45, 2.75) is 26.9 Å². The lowest BCUT2D eigenvalue weighted by Gasteiger charge is -2.18. The molecule has 2 aromatic heterocycles. The first-order chi connectivity index (χ1) is 12.4. The molecule has 134 valence electrons. The molecule has 0 aliphatic heterocycles. The molecule has 0 saturated carbocycles.